The zero-order chi connectivity index (χ0) is 17.7. The van der Waals surface area contributed by atoms with Gasteiger partial charge < -0.3 is 15.1 Å². The average Bonchev–Trinajstić information content (AvgIpc) is 2.33. The van der Waals surface area contributed by atoms with Gasteiger partial charge in [0.2, 0.25) is 0 Å². The number of hydrogen-bond donors (Lipinski definition) is 2. The first-order chi connectivity index (χ1) is 10.5. The lowest BCUT2D eigenvalue weighted by Gasteiger charge is -2.54. The Morgan fingerprint density at radius 1 is 1.22 bits per heavy atom. The highest BCUT2D eigenvalue weighted by atomic mass is 19.2. The van der Waals surface area contributed by atoms with Crippen molar-refractivity contribution in [3.05, 3.63) is 34.9 Å². The van der Waals surface area contributed by atoms with Crippen LogP contribution in [0.5, 0.6) is 0 Å². The van der Waals surface area contributed by atoms with Crippen molar-refractivity contribution in [1.29, 1.82) is 0 Å². The molecule has 0 radical (unpaired) electrons. The number of benzene rings is 1. The van der Waals surface area contributed by atoms with E-state index in [9.17, 15) is 27.5 Å². The van der Waals surface area contributed by atoms with Crippen molar-refractivity contribution in [3.63, 3.8) is 0 Å². The minimum atomic E-state index is -1.86. The molecule has 1 fully saturated rings. The minimum absolute atomic E-state index is 0.0620. The van der Waals surface area contributed by atoms with Gasteiger partial charge in [0, 0.05) is 24.6 Å². The van der Waals surface area contributed by atoms with Gasteiger partial charge in [0.1, 0.15) is 0 Å². The van der Waals surface area contributed by atoms with Crippen molar-refractivity contribution in [2.75, 3.05) is 6.54 Å². The third-order valence-corrected chi connectivity index (χ3v) is 4.13. The van der Waals surface area contributed by atoms with E-state index in [2.05, 4.69) is 0 Å². The number of amides is 1. The Kier molecular flexibility index (Phi) is 4.32. The normalized spacial score (nSPS) is 22.7. The SMILES string of the molecule is CC(C)(C)C1C(C(O)c2c(F)c(F)cc(F)c2F)CN1C(=O)O. The number of halogens is 4. The molecule has 23 heavy (non-hydrogen) atoms. The fourth-order valence-electron chi connectivity index (χ4n) is 3.18. The molecular weight excluding hydrogens is 318 g/mol. The van der Waals surface area contributed by atoms with E-state index < -0.39 is 58.4 Å². The Morgan fingerprint density at radius 2 is 1.70 bits per heavy atom. The fraction of sp³-hybridized carbons (Fsp3) is 0.533. The van der Waals surface area contributed by atoms with Crippen LogP contribution < -0.4 is 0 Å². The lowest BCUT2D eigenvalue weighted by atomic mass is 9.69. The van der Waals surface area contributed by atoms with Crippen molar-refractivity contribution in [1.82, 2.24) is 4.90 Å². The smallest absolute Gasteiger partial charge is 0.407 e. The number of aliphatic hydroxyl groups excluding tert-OH is 1. The topological polar surface area (TPSA) is 60.8 Å². The Morgan fingerprint density at radius 3 is 2.09 bits per heavy atom. The summed E-state index contributed by atoms with van der Waals surface area (Å²) >= 11 is 0. The Labute approximate surface area is 130 Å². The third-order valence-electron chi connectivity index (χ3n) is 4.13. The van der Waals surface area contributed by atoms with Crippen LogP contribution in [0.25, 0.3) is 0 Å². The van der Waals surface area contributed by atoms with E-state index >= 15 is 0 Å². The van der Waals surface area contributed by atoms with Crippen LogP contribution in [0.1, 0.15) is 32.4 Å². The van der Waals surface area contributed by atoms with E-state index in [1.165, 1.54) is 0 Å². The second-order valence-corrected chi connectivity index (χ2v) is 6.74. The molecule has 2 N–H and O–H groups in total. The monoisotopic (exact) mass is 335 g/mol. The second kappa shape index (κ2) is 5.67. The van der Waals surface area contributed by atoms with E-state index in [-0.39, 0.29) is 12.6 Å². The van der Waals surface area contributed by atoms with Crippen molar-refractivity contribution >= 4 is 6.09 Å². The fourth-order valence-corrected chi connectivity index (χ4v) is 3.18. The highest BCUT2D eigenvalue weighted by Crippen LogP contribution is 2.45. The number of nitrogens with zero attached hydrogens (tertiary/aromatic N) is 1. The minimum Gasteiger partial charge on any atom is -0.465 e. The average molecular weight is 335 g/mol. The van der Waals surface area contributed by atoms with Crippen LogP contribution in [0.15, 0.2) is 6.07 Å². The molecule has 0 aliphatic carbocycles. The van der Waals surface area contributed by atoms with E-state index in [0.29, 0.717) is 0 Å². The molecule has 1 saturated heterocycles. The number of rotatable bonds is 2. The molecular formula is C15H17F4NO3. The first-order valence-corrected chi connectivity index (χ1v) is 6.97. The molecule has 1 aromatic carbocycles. The van der Waals surface area contributed by atoms with Crippen LogP contribution in [0, 0.1) is 34.6 Å². The van der Waals surface area contributed by atoms with Gasteiger partial charge in [-0.3, -0.25) is 0 Å². The summed E-state index contributed by atoms with van der Waals surface area (Å²) in [6.07, 6.45) is -3.10. The zero-order valence-corrected chi connectivity index (χ0v) is 12.8. The van der Waals surface area contributed by atoms with Crippen LogP contribution in [-0.2, 0) is 0 Å². The van der Waals surface area contributed by atoms with Gasteiger partial charge in [0.15, 0.2) is 23.3 Å². The van der Waals surface area contributed by atoms with E-state index in [0.717, 1.165) is 4.90 Å². The van der Waals surface area contributed by atoms with Gasteiger partial charge >= 0.3 is 6.09 Å². The van der Waals surface area contributed by atoms with Gasteiger partial charge in [0.05, 0.1) is 11.7 Å². The number of hydrogen-bond acceptors (Lipinski definition) is 2. The number of carboxylic acid groups (broad SMARTS) is 1. The molecule has 3 unspecified atom stereocenters. The summed E-state index contributed by atoms with van der Waals surface area (Å²) < 4.78 is 54.3. The van der Waals surface area contributed by atoms with E-state index in [1.54, 1.807) is 20.8 Å². The van der Waals surface area contributed by atoms with Crippen molar-refractivity contribution < 1.29 is 32.6 Å². The van der Waals surface area contributed by atoms with E-state index in [1.807, 2.05) is 0 Å². The summed E-state index contributed by atoms with van der Waals surface area (Å²) in [6, 6.07) is -0.688. The van der Waals surface area contributed by atoms with Crippen molar-refractivity contribution in [3.8, 4) is 0 Å². The summed E-state index contributed by atoms with van der Waals surface area (Å²) in [4.78, 5) is 12.2. The van der Waals surface area contributed by atoms with Gasteiger partial charge in [-0.15, -0.1) is 0 Å². The maximum Gasteiger partial charge on any atom is 0.407 e. The third kappa shape index (κ3) is 2.87. The highest BCUT2D eigenvalue weighted by molar-refractivity contribution is 5.67. The van der Waals surface area contributed by atoms with Crippen LogP contribution >= 0.6 is 0 Å². The Hall–Kier alpha value is -1.83. The summed E-state index contributed by atoms with van der Waals surface area (Å²) in [5, 5.41) is 19.4. The Balaban J connectivity index is 2.42. The largest absolute Gasteiger partial charge is 0.465 e. The van der Waals surface area contributed by atoms with Gasteiger partial charge in [0.25, 0.3) is 0 Å². The molecule has 1 heterocycles. The van der Waals surface area contributed by atoms with Gasteiger partial charge in [-0.1, -0.05) is 20.8 Å². The van der Waals surface area contributed by atoms with Gasteiger partial charge in [-0.25, -0.2) is 22.4 Å². The van der Waals surface area contributed by atoms with Crippen molar-refractivity contribution in [2.24, 2.45) is 11.3 Å². The molecule has 4 nitrogen and oxygen atoms in total. The molecule has 1 amide bonds. The molecule has 128 valence electrons. The summed E-state index contributed by atoms with van der Waals surface area (Å²) in [5.74, 6) is -7.44. The molecule has 1 aromatic rings. The first-order valence-electron chi connectivity index (χ1n) is 6.97. The predicted molar refractivity (Wildman–Crippen MR) is 72.7 cm³/mol. The van der Waals surface area contributed by atoms with Crippen LogP contribution in [0.2, 0.25) is 0 Å². The molecule has 3 atom stereocenters. The summed E-state index contributed by atoms with van der Waals surface area (Å²) in [6.45, 7) is 4.91. The Bertz CT molecular complexity index is 618. The van der Waals surface area contributed by atoms with Crippen LogP contribution in [-0.4, -0.2) is 33.8 Å². The molecule has 0 saturated carbocycles. The maximum absolute atomic E-state index is 13.8. The van der Waals surface area contributed by atoms with Gasteiger partial charge in [-0.05, 0) is 5.41 Å². The maximum atomic E-state index is 13.8. The summed E-state index contributed by atoms with van der Waals surface area (Å²) in [5.41, 5.74) is -1.74. The first kappa shape index (κ1) is 17.5. The number of likely N-dealkylation sites (tertiary alicyclic amines) is 1. The molecule has 0 aromatic heterocycles. The second-order valence-electron chi connectivity index (χ2n) is 6.74. The van der Waals surface area contributed by atoms with Crippen LogP contribution in [0.4, 0.5) is 22.4 Å². The summed E-state index contributed by atoms with van der Waals surface area (Å²) in [7, 11) is 0. The number of aliphatic hydroxyl groups is 1. The molecule has 1 aliphatic rings. The van der Waals surface area contributed by atoms with Gasteiger partial charge in [-0.2, -0.15) is 0 Å². The number of carbonyl (C=O) groups is 1. The molecule has 0 spiro atoms. The zero-order valence-electron chi connectivity index (χ0n) is 12.8. The lowest BCUT2D eigenvalue weighted by molar-refractivity contribution is -0.0913. The lowest BCUT2D eigenvalue weighted by Crippen LogP contribution is -2.65. The molecule has 8 heteroatoms. The molecule has 2 rings (SSSR count). The standard InChI is InChI=1S/C15H17F4NO3/c1-15(2,3)13-6(5-20(13)14(22)23)12(21)9-10(18)7(16)4-8(17)11(9)19/h4,6,12-13,21H,5H2,1-3H3,(H,22,23). The van der Waals surface area contributed by atoms with Crippen LogP contribution in [0.3, 0.4) is 0 Å². The predicted octanol–water partition coefficient (Wildman–Crippen LogP) is 3.30. The molecule has 1 aliphatic heterocycles. The quantitative estimate of drug-likeness (QED) is 0.644. The van der Waals surface area contributed by atoms with Crippen molar-refractivity contribution in [2.45, 2.75) is 32.9 Å². The van der Waals surface area contributed by atoms with E-state index in [4.69, 9.17) is 5.11 Å². The molecule has 0 bridgehead atoms. The highest BCUT2D eigenvalue weighted by Gasteiger charge is 2.52.